The second kappa shape index (κ2) is 4.00. The average Bonchev–Trinajstić information content (AvgIpc) is 2.61. The number of hydrogen-bond donors (Lipinski definition) is 1. The molecular formula is C13H16N2O. The standard InChI is InChI=1S/C13H16N2O/c1-9(2)15-13(16)8-12(14-15)11-6-4-10(3)5-7-11/h4-9,14H,1-3H3. The van der Waals surface area contributed by atoms with Gasteiger partial charge in [0, 0.05) is 12.1 Å². The lowest BCUT2D eigenvalue weighted by Gasteiger charge is -2.05. The summed E-state index contributed by atoms with van der Waals surface area (Å²) in [5.41, 5.74) is 3.15. The van der Waals surface area contributed by atoms with Crippen LogP contribution < -0.4 is 5.56 Å². The summed E-state index contributed by atoms with van der Waals surface area (Å²) in [5.74, 6) is 0. The molecule has 2 rings (SSSR count). The average molecular weight is 216 g/mol. The van der Waals surface area contributed by atoms with Crippen molar-refractivity contribution in [3.8, 4) is 11.3 Å². The van der Waals surface area contributed by atoms with Crippen LogP contribution in [-0.2, 0) is 0 Å². The van der Waals surface area contributed by atoms with Crippen molar-refractivity contribution >= 4 is 0 Å². The molecule has 0 spiro atoms. The van der Waals surface area contributed by atoms with Crippen LogP contribution in [0.25, 0.3) is 11.3 Å². The first-order valence-electron chi connectivity index (χ1n) is 5.46. The summed E-state index contributed by atoms with van der Waals surface area (Å²) in [4.78, 5) is 11.7. The highest BCUT2D eigenvalue weighted by Crippen LogP contribution is 2.16. The molecule has 0 fully saturated rings. The van der Waals surface area contributed by atoms with E-state index in [0.717, 1.165) is 11.3 Å². The van der Waals surface area contributed by atoms with Crippen LogP contribution in [0, 0.1) is 6.92 Å². The van der Waals surface area contributed by atoms with Crippen molar-refractivity contribution < 1.29 is 0 Å². The molecule has 3 heteroatoms. The third-order valence-corrected chi connectivity index (χ3v) is 2.63. The minimum absolute atomic E-state index is 0.0191. The molecule has 3 nitrogen and oxygen atoms in total. The van der Waals surface area contributed by atoms with Crippen LogP contribution in [0.15, 0.2) is 35.1 Å². The Labute approximate surface area is 94.7 Å². The zero-order valence-electron chi connectivity index (χ0n) is 9.82. The van der Waals surface area contributed by atoms with Gasteiger partial charge in [-0.05, 0) is 26.3 Å². The number of aromatic nitrogens is 2. The van der Waals surface area contributed by atoms with E-state index in [4.69, 9.17) is 0 Å². The summed E-state index contributed by atoms with van der Waals surface area (Å²) in [6.45, 7) is 6.01. The van der Waals surface area contributed by atoms with E-state index in [1.54, 1.807) is 10.7 Å². The quantitative estimate of drug-likeness (QED) is 0.823. The van der Waals surface area contributed by atoms with Crippen molar-refractivity contribution in [1.82, 2.24) is 9.78 Å². The fourth-order valence-electron chi connectivity index (χ4n) is 1.67. The molecule has 1 heterocycles. The van der Waals surface area contributed by atoms with Gasteiger partial charge >= 0.3 is 0 Å². The third-order valence-electron chi connectivity index (χ3n) is 2.63. The van der Waals surface area contributed by atoms with E-state index < -0.39 is 0 Å². The first kappa shape index (κ1) is 10.7. The van der Waals surface area contributed by atoms with Crippen molar-refractivity contribution in [2.45, 2.75) is 26.8 Å². The van der Waals surface area contributed by atoms with E-state index in [1.165, 1.54) is 5.56 Å². The molecule has 0 aliphatic rings. The molecule has 0 amide bonds. The van der Waals surface area contributed by atoms with Gasteiger partial charge in [-0.15, -0.1) is 0 Å². The summed E-state index contributed by atoms with van der Waals surface area (Å²) in [5, 5.41) is 3.12. The van der Waals surface area contributed by atoms with E-state index in [1.807, 2.05) is 45.0 Å². The van der Waals surface area contributed by atoms with E-state index in [9.17, 15) is 4.79 Å². The first-order chi connectivity index (χ1) is 7.58. The minimum Gasteiger partial charge on any atom is -0.295 e. The summed E-state index contributed by atoms with van der Waals surface area (Å²) >= 11 is 0. The van der Waals surface area contributed by atoms with Crippen LogP contribution in [0.1, 0.15) is 25.5 Å². The fourth-order valence-corrected chi connectivity index (χ4v) is 1.67. The summed E-state index contributed by atoms with van der Waals surface area (Å²) in [7, 11) is 0. The van der Waals surface area contributed by atoms with Crippen LogP contribution in [0.3, 0.4) is 0 Å². The largest absolute Gasteiger partial charge is 0.295 e. The van der Waals surface area contributed by atoms with E-state index in [0.29, 0.717) is 0 Å². The van der Waals surface area contributed by atoms with Gasteiger partial charge in [-0.1, -0.05) is 29.8 Å². The Kier molecular flexibility index (Phi) is 2.69. The normalized spacial score (nSPS) is 11.0. The molecule has 16 heavy (non-hydrogen) atoms. The lowest BCUT2D eigenvalue weighted by molar-refractivity contribution is 0.518. The molecule has 0 aliphatic heterocycles. The zero-order valence-corrected chi connectivity index (χ0v) is 9.82. The maximum atomic E-state index is 11.7. The van der Waals surface area contributed by atoms with Crippen molar-refractivity contribution in [2.24, 2.45) is 0 Å². The molecular weight excluding hydrogens is 200 g/mol. The van der Waals surface area contributed by atoms with Gasteiger partial charge in [0.2, 0.25) is 0 Å². The second-order valence-corrected chi connectivity index (χ2v) is 4.34. The Morgan fingerprint density at radius 1 is 1.19 bits per heavy atom. The van der Waals surface area contributed by atoms with Gasteiger partial charge < -0.3 is 0 Å². The van der Waals surface area contributed by atoms with Gasteiger partial charge in [0.1, 0.15) is 0 Å². The van der Waals surface area contributed by atoms with Gasteiger partial charge in [-0.2, -0.15) is 0 Å². The highest BCUT2D eigenvalue weighted by Gasteiger charge is 2.06. The summed E-state index contributed by atoms with van der Waals surface area (Å²) < 4.78 is 1.63. The van der Waals surface area contributed by atoms with Crippen LogP contribution in [0.5, 0.6) is 0 Å². The number of rotatable bonds is 2. The Balaban J connectivity index is 2.45. The molecule has 1 aromatic heterocycles. The fraction of sp³-hybridized carbons (Fsp3) is 0.308. The van der Waals surface area contributed by atoms with Crippen LogP contribution in [0.2, 0.25) is 0 Å². The zero-order chi connectivity index (χ0) is 11.7. The highest BCUT2D eigenvalue weighted by atomic mass is 16.1. The molecule has 0 bridgehead atoms. The van der Waals surface area contributed by atoms with Gasteiger partial charge in [-0.25, -0.2) is 0 Å². The molecule has 1 aromatic carbocycles. The smallest absolute Gasteiger partial charge is 0.267 e. The molecule has 0 radical (unpaired) electrons. The summed E-state index contributed by atoms with van der Waals surface area (Å²) in [6, 6.07) is 9.92. The van der Waals surface area contributed by atoms with Crippen LogP contribution in [-0.4, -0.2) is 9.78 Å². The van der Waals surface area contributed by atoms with Crippen molar-refractivity contribution in [2.75, 3.05) is 0 Å². The second-order valence-electron chi connectivity index (χ2n) is 4.34. The number of aromatic amines is 1. The molecule has 0 saturated carbocycles. The van der Waals surface area contributed by atoms with Crippen LogP contribution in [0.4, 0.5) is 0 Å². The molecule has 0 aliphatic carbocycles. The van der Waals surface area contributed by atoms with Crippen molar-refractivity contribution in [3.63, 3.8) is 0 Å². The maximum Gasteiger partial charge on any atom is 0.267 e. The number of H-pyrrole nitrogens is 1. The Hall–Kier alpha value is -1.77. The predicted molar refractivity (Wildman–Crippen MR) is 65.6 cm³/mol. The maximum absolute atomic E-state index is 11.7. The lowest BCUT2D eigenvalue weighted by atomic mass is 10.1. The minimum atomic E-state index is 0.0191. The van der Waals surface area contributed by atoms with Gasteiger partial charge in [0.05, 0.1) is 5.69 Å². The van der Waals surface area contributed by atoms with Gasteiger partial charge in [-0.3, -0.25) is 14.6 Å². The number of benzene rings is 1. The first-order valence-corrected chi connectivity index (χ1v) is 5.46. The third kappa shape index (κ3) is 1.94. The van der Waals surface area contributed by atoms with Gasteiger partial charge in [0.15, 0.2) is 0 Å². The topological polar surface area (TPSA) is 37.8 Å². The number of nitrogens with one attached hydrogen (secondary N) is 1. The molecule has 0 unspecified atom stereocenters. The van der Waals surface area contributed by atoms with Crippen molar-refractivity contribution in [3.05, 3.63) is 46.2 Å². The molecule has 0 atom stereocenters. The number of nitrogens with zero attached hydrogens (tertiary/aromatic N) is 1. The SMILES string of the molecule is Cc1ccc(-c2cc(=O)n(C(C)C)[nH]2)cc1. The highest BCUT2D eigenvalue weighted by molar-refractivity contribution is 5.58. The van der Waals surface area contributed by atoms with Crippen LogP contribution >= 0.6 is 0 Å². The molecule has 2 aromatic rings. The van der Waals surface area contributed by atoms with E-state index in [2.05, 4.69) is 5.10 Å². The van der Waals surface area contributed by atoms with Gasteiger partial charge in [0.25, 0.3) is 5.56 Å². The molecule has 1 N–H and O–H groups in total. The van der Waals surface area contributed by atoms with E-state index in [-0.39, 0.29) is 11.6 Å². The van der Waals surface area contributed by atoms with Crippen molar-refractivity contribution in [1.29, 1.82) is 0 Å². The lowest BCUT2D eigenvalue weighted by Crippen LogP contribution is -2.17. The Morgan fingerprint density at radius 2 is 1.81 bits per heavy atom. The Bertz CT molecular complexity index is 532. The number of hydrogen-bond acceptors (Lipinski definition) is 1. The summed E-state index contributed by atoms with van der Waals surface area (Å²) in [6.07, 6.45) is 0. The Morgan fingerprint density at radius 3 is 2.31 bits per heavy atom. The molecule has 0 saturated heterocycles. The number of aryl methyl sites for hydroxylation is 1. The van der Waals surface area contributed by atoms with E-state index >= 15 is 0 Å². The predicted octanol–water partition coefficient (Wildman–Crippen LogP) is 2.73. The monoisotopic (exact) mass is 216 g/mol. The molecule has 84 valence electrons.